The number of ether oxygens (including phenoxy) is 1. The molecular weight excluding hydrogens is 284 g/mol. The standard InChI is InChI=1S/C16H18N2O2S/c1-10-8-18-15(21-10)9-17-11(2)14-7-12-5-4-6-13(19-3)16(12)20-14/h4-8,11,17H,9H2,1-3H3. The van der Waals surface area contributed by atoms with E-state index in [0.717, 1.165) is 34.0 Å². The van der Waals surface area contributed by atoms with E-state index in [1.165, 1.54) is 4.88 Å². The van der Waals surface area contributed by atoms with E-state index in [9.17, 15) is 0 Å². The molecule has 0 amide bonds. The average Bonchev–Trinajstić information content (AvgIpc) is 3.10. The molecule has 0 spiro atoms. The number of rotatable bonds is 5. The number of aromatic nitrogens is 1. The first kappa shape index (κ1) is 14.1. The molecule has 5 heteroatoms. The highest BCUT2D eigenvalue weighted by Gasteiger charge is 2.14. The number of aryl methyl sites for hydroxylation is 1. The van der Waals surface area contributed by atoms with Crippen molar-refractivity contribution in [1.29, 1.82) is 0 Å². The lowest BCUT2D eigenvalue weighted by Gasteiger charge is -2.09. The maximum absolute atomic E-state index is 5.94. The number of nitrogens with zero attached hydrogens (tertiary/aromatic N) is 1. The number of fused-ring (bicyclic) bond motifs is 1. The largest absolute Gasteiger partial charge is 0.493 e. The molecule has 0 aliphatic rings. The molecule has 4 nitrogen and oxygen atoms in total. The summed E-state index contributed by atoms with van der Waals surface area (Å²) in [7, 11) is 1.66. The van der Waals surface area contributed by atoms with E-state index in [0.29, 0.717) is 0 Å². The van der Waals surface area contributed by atoms with Crippen molar-refractivity contribution in [2.24, 2.45) is 0 Å². The fourth-order valence-electron chi connectivity index (χ4n) is 2.25. The first-order valence-corrected chi connectivity index (χ1v) is 7.70. The lowest BCUT2D eigenvalue weighted by atomic mass is 10.2. The molecule has 3 rings (SSSR count). The van der Waals surface area contributed by atoms with E-state index >= 15 is 0 Å². The summed E-state index contributed by atoms with van der Waals surface area (Å²) >= 11 is 1.71. The highest BCUT2D eigenvalue weighted by Crippen LogP contribution is 2.30. The predicted octanol–water partition coefficient (Wildman–Crippen LogP) is 4.06. The third-order valence-electron chi connectivity index (χ3n) is 3.40. The molecule has 21 heavy (non-hydrogen) atoms. The van der Waals surface area contributed by atoms with Gasteiger partial charge in [-0.05, 0) is 26.0 Å². The monoisotopic (exact) mass is 302 g/mol. The van der Waals surface area contributed by atoms with Crippen molar-refractivity contribution in [2.45, 2.75) is 26.4 Å². The van der Waals surface area contributed by atoms with Gasteiger partial charge in [0.1, 0.15) is 10.8 Å². The summed E-state index contributed by atoms with van der Waals surface area (Å²) in [6.07, 6.45) is 1.90. The molecule has 0 aliphatic carbocycles. The van der Waals surface area contributed by atoms with Crippen LogP contribution in [0.25, 0.3) is 11.0 Å². The van der Waals surface area contributed by atoms with Crippen molar-refractivity contribution >= 4 is 22.3 Å². The van der Waals surface area contributed by atoms with Gasteiger partial charge >= 0.3 is 0 Å². The lowest BCUT2D eigenvalue weighted by molar-refractivity contribution is 0.399. The number of hydrogen-bond acceptors (Lipinski definition) is 5. The number of nitrogens with one attached hydrogen (secondary N) is 1. The van der Waals surface area contributed by atoms with Crippen LogP contribution < -0.4 is 10.1 Å². The van der Waals surface area contributed by atoms with Crippen LogP contribution in [0, 0.1) is 6.92 Å². The zero-order valence-electron chi connectivity index (χ0n) is 12.3. The van der Waals surface area contributed by atoms with Gasteiger partial charge < -0.3 is 14.5 Å². The second-order valence-electron chi connectivity index (χ2n) is 4.99. The van der Waals surface area contributed by atoms with Gasteiger partial charge in [0.15, 0.2) is 11.3 Å². The fourth-order valence-corrected chi connectivity index (χ4v) is 2.99. The van der Waals surface area contributed by atoms with Crippen LogP contribution >= 0.6 is 11.3 Å². The molecule has 1 N–H and O–H groups in total. The molecule has 0 fully saturated rings. The van der Waals surface area contributed by atoms with Crippen molar-refractivity contribution in [3.05, 3.63) is 46.1 Å². The van der Waals surface area contributed by atoms with Crippen LogP contribution in [0.4, 0.5) is 0 Å². The van der Waals surface area contributed by atoms with Gasteiger partial charge in [-0.3, -0.25) is 0 Å². The minimum Gasteiger partial charge on any atom is -0.493 e. The van der Waals surface area contributed by atoms with Gasteiger partial charge in [-0.15, -0.1) is 11.3 Å². The van der Waals surface area contributed by atoms with Crippen molar-refractivity contribution in [2.75, 3.05) is 7.11 Å². The van der Waals surface area contributed by atoms with Gasteiger partial charge in [-0.25, -0.2) is 4.98 Å². The van der Waals surface area contributed by atoms with Crippen LogP contribution in [0.3, 0.4) is 0 Å². The van der Waals surface area contributed by atoms with E-state index in [1.54, 1.807) is 18.4 Å². The Bertz CT molecular complexity index is 748. The van der Waals surface area contributed by atoms with Crippen LogP contribution in [0.2, 0.25) is 0 Å². The van der Waals surface area contributed by atoms with Crippen LogP contribution in [-0.4, -0.2) is 12.1 Å². The Morgan fingerprint density at radius 3 is 3.00 bits per heavy atom. The molecule has 1 atom stereocenters. The smallest absolute Gasteiger partial charge is 0.176 e. The van der Waals surface area contributed by atoms with Crippen molar-refractivity contribution < 1.29 is 9.15 Å². The number of hydrogen-bond donors (Lipinski definition) is 1. The molecule has 1 aromatic carbocycles. The Balaban J connectivity index is 1.76. The molecule has 3 aromatic rings. The van der Waals surface area contributed by atoms with Gasteiger partial charge in [-0.2, -0.15) is 0 Å². The molecule has 2 heterocycles. The van der Waals surface area contributed by atoms with E-state index < -0.39 is 0 Å². The molecule has 0 saturated heterocycles. The normalized spacial score (nSPS) is 12.7. The van der Waals surface area contributed by atoms with E-state index in [4.69, 9.17) is 9.15 Å². The van der Waals surface area contributed by atoms with Gasteiger partial charge in [0.25, 0.3) is 0 Å². The summed E-state index contributed by atoms with van der Waals surface area (Å²) in [4.78, 5) is 5.59. The van der Waals surface area contributed by atoms with E-state index in [1.807, 2.05) is 24.4 Å². The van der Waals surface area contributed by atoms with Crippen molar-refractivity contribution in [3.63, 3.8) is 0 Å². The molecule has 0 saturated carbocycles. The van der Waals surface area contributed by atoms with E-state index in [-0.39, 0.29) is 6.04 Å². The second-order valence-corrected chi connectivity index (χ2v) is 6.31. The van der Waals surface area contributed by atoms with Gasteiger partial charge in [0.2, 0.25) is 0 Å². The fraction of sp³-hybridized carbons (Fsp3) is 0.312. The van der Waals surface area contributed by atoms with E-state index in [2.05, 4.69) is 30.2 Å². The molecule has 110 valence electrons. The Labute approximate surface area is 127 Å². The van der Waals surface area contributed by atoms with Crippen LogP contribution in [-0.2, 0) is 6.54 Å². The molecule has 0 radical (unpaired) electrons. The summed E-state index contributed by atoms with van der Waals surface area (Å²) in [6, 6.07) is 8.08. The number of benzene rings is 1. The topological polar surface area (TPSA) is 47.3 Å². The van der Waals surface area contributed by atoms with Gasteiger partial charge in [-0.1, -0.05) is 12.1 Å². The quantitative estimate of drug-likeness (QED) is 0.772. The zero-order chi connectivity index (χ0) is 14.8. The molecule has 0 bridgehead atoms. The van der Waals surface area contributed by atoms with Crippen molar-refractivity contribution in [1.82, 2.24) is 10.3 Å². The lowest BCUT2D eigenvalue weighted by Crippen LogP contribution is -2.17. The highest BCUT2D eigenvalue weighted by molar-refractivity contribution is 7.11. The van der Waals surface area contributed by atoms with Crippen LogP contribution in [0.1, 0.15) is 28.6 Å². The average molecular weight is 302 g/mol. The molecule has 2 aromatic heterocycles. The SMILES string of the molecule is COc1cccc2cc(C(C)NCc3ncc(C)s3)oc12. The van der Waals surface area contributed by atoms with Crippen LogP contribution in [0.5, 0.6) is 5.75 Å². The number of furan rings is 1. The summed E-state index contributed by atoms with van der Waals surface area (Å²) in [6.45, 7) is 4.90. The Kier molecular flexibility index (Phi) is 3.94. The van der Waals surface area contributed by atoms with Crippen LogP contribution in [0.15, 0.2) is 34.9 Å². The molecule has 0 aliphatic heterocycles. The molecular formula is C16H18N2O2S. The summed E-state index contributed by atoms with van der Waals surface area (Å²) in [5, 5.41) is 5.59. The zero-order valence-corrected chi connectivity index (χ0v) is 13.2. The van der Waals surface area contributed by atoms with Crippen molar-refractivity contribution in [3.8, 4) is 5.75 Å². The summed E-state index contributed by atoms with van der Waals surface area (Å²) in [5.41, 5.74) is 0.800. The number of para-hydroxylation sites is 1. The second kappa shape index (κ2) is 5.87. The third-order valence-corrected chi connectivity index (χ3v) is 4.32. The summed E-state index contributed by atoms with van der Waals surface area (Å²) in [5.74, 6) is 1.67. The minimum absolute atomic E-state index is 0.117. The maximum atomic E-state index is 5.94. The van der Waals surface area contributed by atoms with Gasteiger partial charge in [0, 0.05) is 23.0 Å². The first-order valence-electron chi connectivity index (χ1n) is 6.88. The summed E-state index contributed by atoms with van der Waals surface area (Å²) < 4.78 is 11.3. The number of thiazole rings is 1. The first-order chi connectivity index (χ1) is 10.2. The Morgan fingerprint density at radius 1 is 1.43 bits per heavy atom. The third kappa shape index (κ3) is 2.94. The highest BCUT2D eigenvalue weighted by atomic mass is 32.1. The minimum atomic E-state index is 0.117. The predicted molar refractivity (Wildman–Crippen MR) is 84.9 cm³/mol. The Morgan fingerprint density at radius 2 is 2.29 bits per heavy atom. The van der Waals surface area contributed by atoms with Gasteiger partial charge in [0.05, 0.1) is 13.2 Å². The number of methoxy groups -OCH3 is 1. The molecule has 1 unspecified atom stereocenters. The Hall–Kier alpha value is -1.85. The maximum Gasteiger partial charge on any atom is 0.176 e.